The zero-order chi connectivity index (χ0) is 12.8. The number of nitrogens with two attached hydrogens (primary N) is 1. The first-order chi connectivity index (χ1) is 8.79. The molecule has 0 spiro atoms. The second-order valence-electron chi connectivity index (χ2n) is 3.83. The lowest BCUT2D eigenvalue weighted by Crippen LogP contribution is -2.36. The largest absolute Gasteiger partial charge is 0.325 e. The molecule has 4 N–H and O–H groups in total. The molecular weight excluding hydrogens is 244 g/mol. The Bertz CT molecular complexity index is 519. The summed E-state index contributed by atoms with van der Waals surface area (Å²) in [7, 11) is 0. The van der Waals surface area contributed by atoms with Crippen molar-refractivity contribution in [3.8, 4) is 0 Å². The molecule has 2 aromatic rings. The van der Waals surface area contributed by atoms with Crippen molar-refractivity contribution >= 4 is 23.0 Å². The highest BCUT2D eigenvalue weighted by atomic mass is 32.1. The van der Waals surface area contributed by atoms with Crippen LogP contribution in [0.25, 0.3) is 0 Å². The van der Waals surface area contributed by atoms with Gasteiger partial charge in [0.25, 0.3) is 0 Å². The van der Waals surface area contributed by atoms with Crippen molar-refractivity contribution in [1.29, 1.82) is 0 Å². The van der Waals surface area contributed by atoms with Gasteiger partial charge in [-0.15, -0.1) is 11.3 Å². The standard InChI is InChI=1S/C13H16N4S/c1-10-7-8-18-12(10)9-15-13(17-14)16-11-5-3-2-4-6-11/h2-8H,9,14H2,1H3,(H2,15,16,17). The minimum absolute atomic E-state index is 0.564. The van der Waals surface area contributed by atoms with Crippen LogP contribution in [0.4, 0.5) is 5.69 Å². The molecule has 94 valence electrons. The van der Waals surface area contributed by atoms with Crippen LogP contribution in [0.1, 0.15) is 10.4 Å². The molecule has 0 atom stereocenters. The summed E-state index contributed by atoms with van der Waals surface area (Å²) in [6, 6.07) is 11.9. The third-order valence-electron chi connectivity index (χ3n) is 2.52. The van der Waals surface area contributed by atoms with E-state index in [1.165, 1.54) is 10.4 Å². The summed E-state index contributed by atoms with van der Waals surface area (Å²) in [5, 5.41) is 5.20. The average Bonchev–Trinajstić information content (AvgIpc) is 2.81. The molecule has 0 amide bonds. The number of aliphatic imine (C=N–C) groups is 1. The van der Waals surface area contributed by atoms with Crippen LogP contribution >= 0.6 is 11.3 Å². The van der Waals surface area contributed by atoms with Gasteiger partial charge in [0.05, 0.1) is 6.54 Å². The molecule has 0 saturated heterocycles. The van der Waals surface area contributed by atoms with Crippen LogP contribution in [0.3, 0.4) is 0 Å². The first kappa shape index (κ1) is 12.6. The third kappa shape index (κ3) is 3.32. The topological polar surface area (TPSA) is 62.4 Å². The number of hydrogen-bond acceptors (Lipinski definition) is 3. The molecule has 5 heteroatoms. The molecule has 0 aliphatic carbocycles. The second-order valence-corrected chi connectivity index (χ2v) is 4.83. The van der Waals surface area contributed by atoms with Crippen LogP contribution in [0.2, 0.25) is 0 Å². The van der Waals surface area contributed by atoms with Gasteiger partial charge in [0.1, 0.15) is 0 Å². The van der Waals surface area contributed by atoms with Crippen molar-refractivity contribution in [3.63, 3.8) is 0 Å². The summed E-state index contributed by atoms with van der Waals surface area (Å²) in [6.45, 7) is 2.71. The van der Waals surface area contributed by atoms with Crippen molar-refractivity contribution in [2.45, 2.75) is 13.5 Å². The van der Waals surface area contributed by atoms with Crippen molar-refractivity contribution < 1.29 is 0 Å². The fourth-order valence-electron chi connectivity index (χ4n) is 1.50. The van der Waals surface area contributed by atoms with Gasteiger partial charge >= 0.3 is 0 Å². The molecular formula is C13H16N4S. The number of hydrogen-bond donors (Lipinski definition) is 3. The van der Waals surface area contributed by atoms with E-state index in [1.54, 1.807) is 11.3 Å². The van der Waals surface area contributed by atoms with Crippen LogP contribution in [-0.2, 0) is 6.54 Å². The van der Waals surface area contributed by atoms with Crippen molar-refractivity contribution in [1.82, 2.24) is 5.43 Å². The molecule has 0 aliphatic rings. The highest BCUT2D eigenvalue weighted by Gasteiger charge is 2.00. The Labute approximate surface area is 111 Å². The van der Waals surface area contributed by atoms with Gasteiger partial charge in [-0.05, 0) is 36.1 Å². The van der Waals surface area contributed by atoms with Crippen molar-refractivity contribution in [2.75, 3.05) is 5.32 Å². The van der Waals surface area contributed by atoms with Crippen LogP contribution in [0.5, 0.6) is 0 Å². The maximum atomic E-state index is 5.46. The van der Waals surface area contributed by atoms with E-state index in [0.717, 1.165) is 5.69 Å². The van der Waals surface area contributed by atoms with E-state index < -0.39 is 0 Å². The van der Waals surface area contributed by atoms with Gasteiger partial charge in [0.2, 0.25) is 5.96 Å². The molecule has 1 aromatic heterocycles. The number of anilines is 1. The number of nitrogens with zero attached hydrogens (tertiary/aromatic N) is 1. The van der Waals surface area contributed by atoms with Crippen LogP contribution in [0.15, 0.2) is 46.8 Å². The van der Waals surface area contributed by atoms with Crippen LogP contribution < -0.4 is 16.6 Å². The summed E-state index contributed by atoms with van der Waals surface area (Å²) in [5.74, 6) is 6.02. The Balaban J connectivity index is 2.03. The molecule has 0 fully saturated rings. The minimum atomic E-state index is 0.564. The summed E-state index contributed by atoms with van der Waals surface area (Å²) in [5.41, 5.74) is 4.80. The zero-order valence-electron chi connectivity index (χ0n) is 10.2. The van der Waals surface area contributed by atoms with Gasteiger partial charge in [-0.1, -0.05) is 18.2 Å². The van der Waals surface area contributed by atoms with Gasteiger partial charge < -0.3 is 5.32 Å². The molecule has 0 saturated carbocycles. The number of para-hydroxylation sites is 1. The molecule has 1 aromatic carbocycles. The van der Waals surface area contributed by atoms with Gasteiger partial charge in [-0.25, -0.2) is 10.8 Å². The number of aryl methyl sites for hydroxylation is 1. The van der Waals surface area contributed by atoms with Crippen LogP contribution in [0, 0.1) is 6.92 Å². The second kappa shape index (κ2) is 6.18. The first-order valence-electron chi connectivity index (χ1n) is 5.65. The highest BCUT2D eigenvalue weighted by molar-refractivity contribution is 7.10. The predicted molar refractivity (Wildman–Crippen MR) is 77.6 cm³/mol. The Morgan fingerprint density at radius 2 is 2.06 bits per heavy atom. The number of hydrazine groups is 1. The smallest absolute Gasteiger partial charge is 0.210 e. The lowest BCUT2D eigenvalue weighted by atomic mass is 10.3. The fraction of sp³-hybridized carbons (Fsp3) is 0.154. The van der Waals surface area contributed by atoms with E-state index >= 15 is 0 Å². The number of rotatable bonds is 3. The first-order valence-corrected chi connectivity index (χ1v) is 6.53. The molecule has 0 unspecified atom stereocenters. The van der Waals surface area contributed by atoms with E-state index in [9.17, 15) is 0 Å². The Morgan fingerprint density at radius 3 is 2.67 bits per heavy atom. The predicted octanol–water partition coefficient (Wildman–Crippen LogP) is 2.49. The summed E-state index contributed by atoms with van der Waals surface area (Å²) >= 11 is 1.70. The lowest BCUT2D eigenvalue weighted by molar-refractivity contribution is 0.973. The van der Waals surface area contributed by atoms with E-state index in [-0.39, 0.29) is 0 Å². The lowest BCUT2D eigenvalue weighted by Gasteiger charge is -2.08. The molecule has 0 bridgehead atoms. The minimum Gasteiger partial charge on any atom is -0.325 e. The maximum Gasteiger partial charge on any atom is 0.210 e. The molecule has 1 heterocycles. The number of nitrogens with one attached hydrogen (secondary N) is 2. The van der Waals surface area contributed by atoms with Crippen molar-refractivity contribution in [2.24, 2.45) is 10.8 Å². The maximum absolute atomic E-state index is 5.46. The Morgan fingerprint density at radius 1 is 1.28 bits per heavy atom. The quantitative estimate of drug-likeness (QED) is 0.344. The summed E-state index contributed by atoms with van der Waals surface area (Å²) in [6.07, 6.45) is 0. The molecule has 0 radical (unpaired) electrons. The monoisotopic (exact) mass is 260 g/mol. The van der Waals surface area contributed by atoms with Gasteiger partial charge in [-0.3, -0.25) is 5.43 Å². The fourth-order valence-corrected chi connectivity index (χ4v) is 2.33. The van der Waals surface area contributed by atoms with Gasteiger partial charge in [0.15, 0.2) is 0 Å². The van der Waals surface area contributed by atoms with Crippen molar-refractivity contribution in [3.05, 3.63) is 52.2 Å². The van der Waals surface area contributed by atoms with E-state index in [4.69, 9.17) is 5.84 Å². The Hall–Kier alpha value is -1.85. The number of benzene rings is 1. The van der Waals surface area contributed by atoms with E-state index in [1.807, 2.05) is 30.3 Å². The molecule has 0 aliphatic heterocycles. The van der Waals surface area contributed by atoms with Gasteiger partial charge in [-0.2, -0.15) is 0 Å². The average molecular weight is 260 g/mol. The van der Waals surface area contributed by atoms with Crippen LogP contribution in [-0.4, -0.2) is 5.96 Å². The SMILES string of the molecule is Cc1ccsc1CN=C(NN)Nc1ccccc1. The van der Waals surface area contributed by atoms with Gasteiger partial charge in [0, 0.05) is 10.6 Å². The molecule has 4 nitrogen and oxygen atoms in total. The highest BCUT2D eigenvalue weighted by Crippen LogP contribution is 2.16. The normalized spacial score (nSPS) is 11.3. The van der Waals surface area contributed by atoms with E-state index in [2.05, 4.69) is 34.1 Å². The Kier molecular flexibility index (Phi) is 4.33. The molecule has 2 rings (SSSR count). The zero-order valence-corrected chi connectivity index (χ0v) is 11.0. The van der Waals surface area contributed by atoms with E-state index in [0.29, 0.717) is 12.5 Å². The third-order valence-corrected chi connectivity index (χ3v) is 3.53. The number of thiophene rings is 1. The summed E-state index contributed by atoms with van der Waals surface area (Å²) < 4.78 is 0. The summed E-state index contributed by atoms with van der Waals surface area (Å²) in [4.78, 5) is 5.67. The number of guanidine groups is 1. The molecule has 18 heavy (non-hydrogen) atoms.